The fourth-order valence-corrected chi connectivity index (χ4v) is 2.29. The minimum absolute atomic E-state index is 0. The largest absolute Gasteiger partial charge is 1.00 e. The van der Waals surface area contributed by atoms with Gasteiger partial charge in [-0.15, -0.1) is 0 Å². The second kappa shape index (κ2) is 30.9. The highest BCUT2D eigenvalue weighted by molar-refractivity contribution is 5.81. The number of carboxylic acids is 3. The van der Waals surface area contributed by atoms with E-state index in [1.54, 1.807) is 0 Å². The van der Waals surface area contributed by atoms with Gasteiger partial charge in [-0.3, -0.25) is 28.8 Å². The highest BCUT2D eigenvalue weighted by Crippen LogP contribution is 1.98. The first-order chi connectivity index (χ1) is 18.5. The SMILES string of the molecule is NCCCC(=O)O.NCCCCC(=O)O.O=C(O)CCO.O=C1CCCCN1.O=C1CCCN1.O=C1CCN1.[H+].[H+].[H+]. The third-order valence-corrected chi connectivity index (χ3v) is 4.50. The average Bonchev–Trinajstić information content (AvgIpc) is 3.35. The lowest BCUT2D eigenvalue weighted by molar-refractivity contribution is -0.138. The van der Waals surface area contributed by atoms with Crippen molar-refractivity contribution in [1.82, 2.24) is 16.0 Å². The molecule has 0 bridgehead atoms. The molecule has 15 heteroatoms. The maximum absolute atomic E-state index is 10.4. The number of nitrogens with two attached hydrogens (primary N) is 2. The van der Waals surface area contributed by atoms with Gasteiger partial charge >= 0.3 is 22.2 Å². The lowest BCUT2D eigenvalue weighted by Gasteiger charge is -2.10. The van der Waals surface area contributed by atoms with Crippen molar-refractivity contribution >= 4 is 35.6 Å². The number of hydrogen-bond donors (Lipinski definition) is 9. The standard InChI is InChI=1S/C5H11NO2.C5H9NO.C4H9NO2.C4H7NO.C3H5NO.C3H6O3/c6-4-2-1-3-5(7)8;7-5-3-1-2-4-6-5;5-3-1-2-4(6)7;6-4-2-1-3-5-4;5-3-1-2-4-3;4-2-1-3(5)6/h1-4,6H2,(H,7,8);1-4H2,(H,6,7);1-3,5H2,(H,6,7);1-3H2,(H,5,6);1-2H2,(H,4,5);4H,1-2H2,(H,5,6)/p+3. The number of rotatable bonds is 9. The van der Waals surface area contributed by atoms with E-state index in [4.69, 9.17) is 31.9 Å². The molecule has 0 aromatic heterocycles. The van der Waals surface area contributed by atoms with E-state index in [-0.39, 0.29) is 47.9 Å². The third kappa shape index (κ3) is 42.1. The summed E-state index contributed by atoms with van der Waals surface area (Å²) in [4.78, 5) is 59.2. The van der Waals surface area contributed by atoms with E-state index < -0.39 is 17.9 Å². The quantitative estimate of drug-likeness (QED) is 0.126. The second-order valence-corrected chi connectivity index (χ2v) is 8.15. The predicted molar refractivity (Wildman–Crippen MR) is 146 cm³/mol. The van der Waals surface area contributed by atoms with Crippen molar-refractivity contribution in [3.8, 4) is 0 Å². The smallest absolute Gasteiger partial charge is 0.481 e. The molecule has 3 aliphatic rings. The Morgan fingerprint density at radius 2 is 1.03 bits per heavy atom. The zero-order valence-corrected chi connectivity index (χ0v) is 22.6. The minimum Gasteiger partial charge on any atom is -0.481 e. The maximum atomic E-state index is 10.4. The molecule has 0 aliphatic carbocycles. The number of unbranched alkanes of at least 4 members (excludes halogenated alkanes) is 1. The molecule has 15 nitrogen and oxygen atoms in total. The van der Waals surface area contributed by atoms with E-state index in [1.165, 1.54) is 0 Å². The van der Waals surface area contributed by atoms with Crippen LogP contribution in [0.15, 0.2) is 0 Å². The van der Waals surface area contributed by atoms with Crippen LogP contribution in [0.4, 0.5) is 0 Å². The van der Waals surface area contributed by atoms with Crippen LogP contribution in [0.3, 0.4) is 0 Å². The summed E-state index contributed by atoms with van der Waals surface area (Å²) in [5, 5.41) is 39.7. The van der Waals surface area contributed by atoms with Gasteiger partial charge in [-0.25, -0.2) is 0 Å². The van der Waals surface area contributed by atoms with Crippen molar-refractivity contribution in [2.45, 2.75) is 77.0 Å². The molecule has 11 N–H and O–H groups in total. The van der Waals surface area contributed by atoms with E-state index in [0.717, 1.165) is 64.6 Å². The van der Waals surface area contributed by atoms with Crippen molar-refractivity contribution in [2.75, 3.05) is 39.3 Å². The number of piperidine rings is 1. The molecule has 0 aromatic carbocycles. The molecule has 3 aliphatic heterocycles. The van der Waals surface area contributed by atoms with Gasteiger partial charge in [0.25, 0.3) is 0 Å². The first kappa shape index (κ1) is 40.2. The molecule has 3 heterocycles. The Hall–Kier alpha value is -3.30. The van der Waals surface area contributed by atoms with Gasteiger partial charge in [0.15, 0.2) is 0 Å². The molecule has 0 spiro atoms. The monoisotopic (exact) mass is 568 g/mol. The van der Waals surface area contributed by atoms with Gasteiger partial charge in [0.1, 0.15) is 0 Å². The van der Waals surface area contributed by atoms with E-state index in [9.17, 15) is 28.8 Å². The molecule has 0 saturated carbocycles. The lowest BCUT2D eigenvalue weighted by atomic mass is 10.2. The molecular weight excluding hydrogens is 518 g/mol. The average molecular weight is 569 g/mol. The highest BCUT2D eigenvalue weighted by atomic mass is 16.4. The second-order valence-electron chi connectivity index (χ2n) is 8.15. The molecule has 39 heavy (non-hydrogen) atoms. The molecule has 0 aromatic rings. The van der Waals surface area contributed by atoms with Gasteiger partial charge in [0.2, 0.25) is 17.7 Å². The number of amides is 3. The number of carbonyl (C=O) groups excluding carboxylic acids is 3. The Balaban J connectivity index is -0.0000000916. The van der Waals surface area contributed by atoms with Gasteiger partial charge in [0, 0.05) is 51.7 Å². The van der Waals surface area contributed by atoms with Crippen molar-refractivity contribution in [3.63, 3.8) is 0 Å². The lowest BCUT2D eigenvalue weighted by Crippen LogP contribution is -2.37. The van der Waals surface area contributed by atoms with Crippen LogP contribution in [-0.4, -0.2) is 95.4 Å². The fourth-order valence-electron chi connectivity index (χ4n) is 2.29. The molecule has 3 fully saturated rings. The molecule has 0 atom stereocenters. The summed E-state index contributed by atoms with van der Waals surface area (Å²) in [6.45, 7) is 3.45. The maximum Gasteiger partial charge on any atom is 1.00 e. The van der Waals surface area contributed by atoms with E-state index in [0.29, 0.717) is 25.9 Å². The van der Waals surface area contributed by atoms with E-state index in [2.05, 4.69) is 16.0 Å². The molecule has 0 radical (unpaired) electrons. The van der Waals surface area contributed by atoms with E-state index in [1.807, 2.05) is 0 Å². The number of β-lactam (4-membered cyclic amide) rings is 1. The summed E-state index contributed by atoms with van der Waals surface area (Å²) < 4.78 is 0. The van der Waals surface area contributed by atoms with Gasteiger partial charge in [0.05, 0.1) is 13.0 Å². The Bertz CT molecular complexity index is 686. The molecule has 3 amide bonds. The predicted octanol–water partition coefficient (Wildman–Crippen LogP) is -0.510. The number of aliphatic hydroxyl groups excluding tert-OH is 1. The van der Waals surface area contributed by atoms with Gasteiger partial charge in [-0.1, -0.05) is 0 Å². The number of nitrogens with one attached hydrogen (secondary N) is 3. The zero-order chi connectivity index (χ0) is 30.3. The van der Waals surface area contributed by atoms with Crippen molar-refractivity contribution in [2.24, 2.45) is 11.5 Å². The fraction of sp³-hybridized carbons (Fsp3) is 0.750. The molecule has 0 unspecified atom stereocenters. The number of carbonyl (C=O) groups is 6. The third-order valence-electron chi connectivity index (χ3n) is 4.50. The topological polar surface area (TPSA) is 271 Å². The van der Waals surface area contributed by atoms with E-state index >= 15 is 0 Å². The summed E-state index contributed by atoms with van der Waals surface area (Å²) in [6.07, 6.45) is 7.84. The summed E-state index contributed by atoms with van der Waals surface area (Å²) >= 11 is 0. The van der Waals surface area contributed by atoms with Gasteiger partial charge in [-0.05, 0) is 51.6 Å². The molecule has 228 valence electrons. The van der Waals surface area contributed by atoms with Crippen LogP contribution in [0.5, 0.6) is 0 Å². The van der Waals surface area contributed by atoms with Crippen LogP contribution < -0.4 is 27.4 Å². The summed E-state index contributed by atoms with van der Waals surface area (Å²) in [5.74, 6) is -1.87. The van der Waals surface area contributed by atoms with Crippen LogP contribution in [0, 0.1) is 0 Å². The van der Waals surface area contributed by atoms with Crippen LogP contribution in [0.25, 0.3) is 0 Å². The van der Waals surface area contributed by atoms with Crippen molar-refractivity contribution in [1.29, 1.82) is 0 Å². The number of hydrogen-bond acceptors (Lipinski definition) is 9. The molecular formula is C24H50N5O10+3. The Labute approximate surface area is 233 Å². The zero-order valence-electron chi connectivity index (χ0n) is 25.6. The van der Waals surface area contributed by atoms with Crippen LogP contribution in [0.1, 0.15) is 81.3 Å². The van der Waals surface area contributed by atoms with Gasteiger partial charge in [-0.2, -0.15) is 0 Å². The Morgan fingerprint density at radius 3 is 1.21 bits per heavy atom. The number of aliphatic hydroxyl groups is 1. The summed E-state index contributed by atoms with van der Waals surface area (Å²) in [6, 6.07) is 0. The number of carboxylic acid groups (broad SMARTS) is 3. The normalized spacial score (nSPS) is 14.4. The number of aliphatic carboxylic acids is 3. The highest BCUT2D eigenvalue weighted by Gasteiger charge is 2.07. The molecule has 3 rings (SSSR count). The minimum atomic E-state index is -0.961. The first-order valence-electron chi connectivity index (χ1n) is 13.0. The Morgan fingerprint density at radius 1 is 0.615 bits per heavy atom. The van der Waals surface area contributed by atoms with Crippen LogP contribution in [0.2, 0.25) is 0 Å². The molecule has 3 saturated heterocycles. The Kier molecular flexibility index (Phi) is 31.9. The van der Waals surface area contributed by atoms with Crippen molar-refractivity contribution < 1.29 is 53.5 Å². The van der Waals surface area contributed by atoms with Crippen LogP contribution >= 0.6 is 0 Å². The van der Waals surface area contributed by atoms with Gasteiger partial charge < -0.3 is 47.8 Å². The first-order valence-corrected chi connectivity index (χ1v) is 13.0. The summed E-state index contributed by atoms with van der Waals surface area (Å²) in [7, 11) is 0. The van der Waals surface area contributed by atoms with Crippen molar-refractivity contribution in [3.05, 3.63) is 0 Å². The van der Waals surface area contributed by atoms with Crippen LogP contribution in [-0.2, 0) is 28.8 Å². The summed E-state index contributed by atoms with van der Waals surface area (Å²) in [5.41, 5.74) is 10.1.